The zero-order valence-electron chi connectivity index (χ0n) is 17.7. The molecule has 1 heterocycles. The van der Waals surface area contributed by atoms with Crippen molar-refractivity contribution in [1.82, 2.24) is 9.88 Å². The number of likely N-dealkylation sites (N-methyl/N-ethyl adjacent to an activating group) is 1. The number of aromatic nitrogens is 1. The third-order valence-corrected chi connectivity index (χ3v) is 5.46. The Labute approximate surface area is 191 Å². The van der Waals surface area contributed by atoms with Gasteiger partial charge < -0.3 is 18.8 Å². The predicted octanol–water partition coefficient (Wildman–Crippen LogP) is 5.30. The number of hydrogen-bond donors (Lipinski definition) is 0. The molecule has 3 aromatic rings. The summed E-state index contributed by atoms with van der Waals surface area (Å²) >= 11 is 12.1. The van der Waals surface area contributed by atoms with Gasteiger partial charge in [-0.05, 0) is 42.3 Å². The van der Waals surface area contributed by atoms with Crippen LogP contribution in [0, 0.1) is 0 Å². The van der Waals surface area contributed by atoms with Crippen LogP contribution in [0.15, 0.2) is 47.0 Å². The van der Waals surface area contributed by atoms with Crippen molar-refractivity contribution in [1.29, 1.82) is 0 Å². The summed E-state index contributed by atoms with van der Waals surface area (Å²) in [6.07, 6.45) is 3.03. The Morgan fingerprint density at radius 3 is 2.55 bits per heavy atom. The van der Waals surface area contributed by atoms with E-state index in [-0.39, 0.29) is 5.91 Å². The van der Waals surface area contributed by atoms with Gasteiger partial charge in [-0.25, -0.2) is 4.98 Å². The minimum atomic E-state index is 0.0183. The number of nitrogens with zero attached hydrogens (tertiary/aromatic N) is 2. The number of methoxy groups -OCH3 is 2. The summed E-state index contributed by atoms with van der Waals surface area (Å²) in [4.78, 5) is 18.5. The second-order valence-corrected chi connectivity index (χ2v) is 7.84. The van der Waals surface area contributed by atoms with Crippen molar-refractivity contribution in [3.63, 3.8) is 0 Å². The summed E-state index contributed by atoms with van der Waals surface area (Å²) < 4.78 is 16.3. The van der Waals surface area contributed by atoms with Crippen LogP contribution in [0.3, 0.4) is 0 Å². The molecule has 0 N–H and O–H groups in total. The van der Waals surface area contributed by atoms with E-state index >= 15 is 0 Å². The predicted molar refractivity (Wildman–Crippen MR) is 121 cm³/mol. The maximum atomic E-state index is 12.5. The standard InChI is InChI=1S/C23H24Cl2N2O4/c1-27(11-10-15-4-7-19(29-2)20(12-15)30-3)23(28)9-8-22-26-14-21(31-22)17-6-5-16(24)13-18(17)25/h4-7,12-14H,8-11H2,1-3H3. The van der Waals surface area contributed by atoms with Gasteiger partial charge in [-0.15, -0.1) is 0 Å². The van der Waals surface area contributed by atoms with Crippen molar-refractivity contribution >= 4 is 29.1 Å². The van der Waals surface area contributed by atoms with Crippen LogP contribution >= 0.6 is 23.2 Å². The number of ether oxygens (including phenoxy) is 2. The minimum Gasteiger partial charge on any atom is -0.493 e. The van der Waals surface area contributed by atoms with Crippen LogP contribution in [-0.2, 0) is 17.6 Å². The molecule has 0 fully saturated rings. The lowest BCUT2D eigenvalue weighted by molar-refractivity contribution is -0.129. The average molecular weight is 463 g/mol. The molecule has 2 aromatic carbocycles. The van der Waals surface area contributed by atoms with Crippen molar-refractivity contribution in [2.45, 2.75) is 19.3 Å². The third-order valence-electron chi connectivity index (χ3n) is 4.91. The van der Waals surface area contributed by atoms with Gasteiger partial charge >= 0.3 is 0 Å². The van der Waals surface area contributed by atoms with E-state index in [1.165, 1.54) is 0 Å². The molecular formula is C23H24Cl2N2O4. The Morgan fingerprint density at radius 1 is 1.06 bits per heavy atom. The summed E-state index contributed by atoms with van der Waals surface area (Å²) in [7, 11) is 4.99. The molecule has 0 bridgehead atoms. The smallest absolute Gasteiger partial charge is 0.222 e. The first kappa shape index (κ1) is 23.0. The van der Waals surface area contributed by atoms with Crippen LogP contribution in [0.1, 0.15) is 17.9 Å². The van der Waals surface area contributed by atoms with Gasteiger partial charge in [-0.3, -0.25) is 4.79 Å². The first-order chi connectivity index (χ1) is 14.9. The fraction of sp³-hybridized carbons (Fsp3) is 0.304. The van der Waals surface area contributed by atoms with Crippen LogP contribution in [-0.4, -0.2) is 43.6 Å². The highest BCUT2D eigenvalue weighted by Gasteiger charge is 2.14. The topological polar surface area (TPSA) is 64.8 Å². The van der Waals surface area contributed by atoms with E-state index < -0.39 is 0 Å². The van der Waals surface area contributed by atoms with Crippen molar-refractivity contribution in [2.75, 3.05) is 27.8 Å². The molecule has 0 aliphatic rings. The van der Waals surface area contributed by atoms with Crippen molar-refractivity contribution in [3.8, 4) is 22.8 Å². The van der Waals surface area contributed by atoms with Gasteiger partial charge in [-0.2, -0.15) is 0 Å². The van der Waals surface area contributed by atoms with Crippen LogP contribution in [0.5, 0.6) is 11.5 Å². The lowest BCUT2D eigenvalue weighted by atomic mass is 10.1. The minimum absolute atomic E-state index is 0.0183. The van der Waals surface area contributed by atoms with Gasteiger partial charge in [0.25, 0.3) is 0 Å². The molecule has 0 aliphatic heterocycles. The zero-order valence-corrected chi connectivity index (χ0v) is 19.2. The van der Waals surface area contributed by atoms with E-state index in [4.69, 9.17) is 37.1 Å². The lowest BCUT2D eigenvalue weighted by Gasteiger charge is -2.17. The molecule has 0 unspecified atom stereocenters. The van der Waals surface area contributed by atoms with E-state index in [0.29, 0.717) is 64.6 Å². The van der Waals surface area contributed by atoms with Crippen molar-refractivity contribution in [2.24, 2.45) is 0 Å². The van der Waals surface area contributed by atoms with E-state index in [1.54, 1.807) is 50.6 Å². The second-order valence-electron chi connectivity index (χ2n) is 7.00. The summed E-state index contributed by atoms with van der Waals surface area (Å²) in [5, 5.41) is 1.04. The molecule has 6 nitrogen and oxygen atoms in total. The lowest BCUT2D eigenvalue weighted by Crippen LogP contribution is -2.29. The molecule has 0 aliphatic carbocycles. The number of hydrogen-bond acceptors (Lipinski definition) is 5. The maximum absolute atomic E-state index is 12.5. The Hall–Kier alpha value is -2.70. The summed E-state index contributed by atoms with van der Waals surface area (Å²) in [6.45, 7) is 0.589. The monoisotopic (exact) mass is 462 g/mol. The van der Waals surface area contributed by atoms with Gasteiger partial charge in [0.15, 0.2) is 23.1 Å². The van der Waals surface area contributed by atoms with E-state index in [0.717, 1.165) is 5.56 Å². The molecule has 0 spiro atoms. The SMILES string of the molecule is COc1ccc(CCN(C)C(=O)CCc2ncc(-c3ccc(Cl)cc3Cl)o2)cc1OC. The fourth-order valence-electron chi connectivity index (χ4n) is 3.10. The second kappa shape index (κ2) is 10.6. The van der Waals surface area contributed by atoms with Gasteiger partial charge in [0, 0.05) is 37.0 Å². The quantitative estimate of drug-likeness (QED) is 0.431. The first-order valence-corrected chi connectivity index (χ1v) is 10.5. The molecular weight excluding hydrogens is 439 g/mol. The largest absolute Gasteiger partial charge is 0.493 e. The van der Waals surface area contributed by atoms with E-state index in [1.807, 2.05) is 18.2 Å². The Kier molecular flexibility index (Phi) is 7.82. The summed E-state index contributed by atoms with van der Waals surface area (Å²) in [5.74, 6) is 2.41. The van der Waals surface area contributed by atoms with Crippen molar-refractivity contribution < 1.29 is 18.7 Å². The molecule has 0 atom stereocenters. The van der Waals surface area contributed by atoms with E-state index in [9.17, 15) is 4.79 Å². The Balaban J connectivity index is 1.52. The Bertz CT molecular complexity index is 1050. The fourth-order valence-corrected chi connectivity index (χ4v) is 3.60. The van der Waals surface area contributed by atoms with E-state index in [2.05, 4.69) is 4.98 Å². The third kappa shape index (κ3) is 5.93. The number of oxazole rings is 1. The summed E-state index contributed by atoms with van der Waals surface area (Å²) in [6, 6.07) is 10.9. The van der Waals surface area contributed by atoms with Gasteiger partial charge in [0.05, 0.1) is 25.4 Å². The molecule has 3 rings (SSSR count). The van der Waals surface area contributed by atoms with Crippen LogP contribution in [0.4, 0.5) is 0 Å². The molecule has 1 amide bonds. The molecule has 0 radical (unpaired) electrons. The van der Waals surface area contributed by atoms with Gasteiger partial charge in [0.1, 0.15) is 0 Å². The first-order valence-electron chi connectivity index (χ1n) is 9.76. The van der Waals surface area contributed by atoms with Crippen molar-refractivity contribution in [3.05, 3.63) is 64.1 Å². The highest BCUT2D eigenvalue weighted by Crippen LogP contribution is 2.31. The summed E-state index contributed by atoms with van der Waals surface area (Å²) in [5.41, 5.74) is 1.78. The zero-order chi connectivity index (χ0) is 22.4. The van der Waals surface area contributed by atoms with Gasteiger partial charge in [0.2, 0.25) is 5.91 Å². The molecule has 8 heteroatoms. The van der Waals surface area contributed by atoms with Crippen LogP contribution in [0.25, 0.3) is 11.3 Å². The highest BCUT2D eigenvalue weighted by molar-refractivity contribution is 6.36. The molecule has 0 saturated heterocycles. The number of aryl methyl sites for hydroxylation is 1. The number of halogens is 2. The molecule has 31 heavy (non-hydrogen) atoms. The molecule has 1 aromatic heterocycles. The number of amides is 1. The molecule has 164 valence electrons. The molecule has 0 saturated carbocycles. The number of carbonyl (C=O) groups is 1. The van der Waals surface area contributed by atoms with Gasteiger partial charge in [-0.1, -0.05) is 29.3 Å². The number of rotatable bonds is 9. The maximum Gasteiger partial charge on any atom is 0.222 e. The van der Waals surface area contributed by atoms with Crippen LogP contribution in [0.2, 0.25) is 10.0 Å². The normalized spacial score (nSPS) is 10.7. The number of carbonyl (C=O) groups excluding carboxylic acids is 1. The highest BCUT2D eigenvalue weighted by atomic mass is 35.5. The number of benzene rings is 2. The average Bonchev–Trinajstić information content (AvgIpc) is 3.24. The Morgan fingerprint density at radius 2 is 1.84 bits per heavy atom. The van der Waals surface area contributed by atoms with Crippen LogP contribution < -0.4 is 9.47 Å².